The lowest BCUT2D eigenvalue weighted by atomic mass is 9.83. The van der Waals surface area contributed by atoms with Crippen LogP contribution in [0.5, 0.6) is 0 Å². The van der Waals surface area contributed by atoms with Gasteiger partial charge in [-0.3, -0.25) is 24.0 Å². The van der Waals surface area contributed by atoms with Crippen LogP contribution in [0.2, 0.25) is 0 Å². The number of aldehydes is 1. The number of nitrogens with zero attached hydrogens (tertiary/aromatic N) is 1. The first-order chi connectivity index (χ1) is 28.6. The van der Waals surface area contributed by atoms with Crippen molar-refractivity contribution in [1.29, 1.82) is 0 Å². The summed E-state index contributed by atoms with van der Waals surface area (Å²) in [5.74, 6) is -4.13. The van der Waals surface area contributed by atoms with Gasteiger partial charge in [0.25, 0.3) is 0 Å². The van der Waals surface area contributed by atoms with Gasteiger partial charge in [-0.25, -0.2) is 0 Å². The summed E-state index contributed by atoms with van der Waals surface area (Å²) < 4.78 is 55.0. The minimum absolute atomic E-state index is 0.0539. The molecule has 2 unspecified atom stereocenters. The fourth-order valence-electron chi connectivity index (χ4n) is 8.27. The number of hydrogen-bond acceptors (Lipinski definition) is 17. The van der Waals surface area contributed by atoms with E-state index in [0.29, 0.717) is 12.7 Å². The molecule has 0 saturated carbocycles. The summed E-state index contributed by atoms with van der Waals surface area (Å²) in [5.41, 5.74) is -1.54. The molecule has 0 amide bonds. The van der Waals surface area contributed by atoms with Crippen molar-refractivity contribution in [1.82, 2.24) is 4.90 Å². The van der Waals surface area contributed by atoms with Gasteiger partial charge in [-0.15, -0.1) is 0 Å². The minimum atomic E-state index is -1.54. The van der Waals surface area contributed by atoms with E-state index in [1.165, 1.54) is 27.0 Å². The molecule has 0 aromatic heterocycles. The molecule has 17 nitrogen and oxygen atoms in total. The first kappa shape index (κ1) is 51.8. The lowest BCUT2D eigenvalue weighted by Gasteiger charge is -2.51. The third-order valence-electron chi connectivity index (χ3n) is 11.0. The molecule has 61 heavy (non-hydrogen) atoms. The molecule has 0 aliphatic carbocycles. The van der Waals surface area contributed by atoms with Gasteiger partial charge in [-0.2, -0.15) is 0 Å². The number of ether oxygens (including phenoxy) is 9. The van der Waals surface area contributed by atoms with Crippen molar-refractivity contribution in [2.45, 2.75) is 180 Å². The van der Waals surface area contributed by atoms with E-state index in [1.807, 2.05) is 13.8 Å². The highest BCUT2D eigenvalue weighted by Crippen LogP contribution is 2.38. The Bertz CT molecular complexity index is 1540. The number of esters is 4. The van der Waals surface area contributed by atoms with Crippen LogP contribution in [0.3, 0.4) is 0 Å². The van der Waals surface area contributed by atoms with E-state index in [0.717, 1.165) is 0 Å². The van der Waals surface area contributed by atoms with Crippen LogP contribution in [0.15, 0.2) is 24.3 Å². The van der Waals surface area contributed by atoms with Gasteiger partial charge in [0.2, 0.25) is 0 Å². The lowest BCUT2D eigenvalue weighted by molar-refractivity contribution is -0.345. The highest BCUT2D eigenvalue weighted by atomic mass is 16.7. The molecular weight excluding hydrogens is 798 g/mol. The molecule has 0 aromatic rings. The van der Waals surface area contributed by atoms with Crippen molar-refractivity contribution in [3.8, 4) is 0 Å². The molecule has 0 aromatic carbocycles. The van der Waals surface area contributed by atoms with Crippen LogP contribution in [0.25, 0.3) is 0 Å². The number of ketones is 1. The number of allylic oxidation sites excluding steroid dienone is 3. The summed E-state index contributed by atoms with van der Waals surface area (Å²) in [6.07, 6.45) is -4.27. The van der Waals surface area contributed by atoms with Crippen molar-refractivity contribution in [2.75, 3.05) is 21.2 Å². The third kappa shape index (κ3) is 15.3. The second-order valence-electron chi connectivity index (χ2n) is 17.4. The fourth-order valence-corrected chi connectivity index (χ4v) is 8.27. The summed E-state index contributed by atoms with van der Waals surface area (Å²) >= 11 is 0. The van der Waals surface area contributed by atoms with E-state index >= 15 is 0 Å². The highest BCUT2D eigenvalue weighted by molar-refractivity contribution is 5.91. The van der Waals surface area contributed by atoms with Gasteiger partial charge < -0.3 is 57.4 Å². The maximum Gasteiger partial charge on any atom is 0.309 e. The number of hydrogen-bond donors (Lipinski definition) is 1. The Morgan fingerprint density at radius 2 is 1.61 bits per heavy atom. The monoisotopic (exact) mass is 867 g/mol. The maximum absolute atomic E-state index is 13.3. The van der Waals surface area contributed by atoms with Crippen LogP contribution in [0, 0.1) is 17.8 Å². The standard InChI is InChI=1S/C44H69NO16/c1-24(2)20-34(50)59-42-28(6)55-36(23-44(42,9)52)60-38-27(5)56-43(41(58-30(8)48)37(38)45(10)11)61-39-31(18-19-46)21-25(3)32(49)17-15-13-14-16-26(4)54-35(51)22-33(40(39)53-12)57-29(7)47/h13-15,17,19,24-28,31,33,36-43,52H,16,18,20-23H2,1-12H3/b14-13+,17-15+/t25-,26-,27-,28+,31?,33-,36+,37+,38-,39+,40?,41-,42+,43+,44-/m1/s1. The first-order valence-electron chi connectivity index (χ1n) is 21.2. The van der Waals surface area contributed by atoms with E-state index in [2.05, 4.69) is 0 Å². The van der Waals surface area contributed by atoms with E-state index in [-0.39, 0.29) is 37.4 Å². The van der Waals surface area contributed by atoms with Crippen molar-refractivity contribution in [3.63, 3.8) is 0 Å². The summed E-state index contributed by atoms with van der Waals surface area (Å²) in [4.78, 5) is 78.9. The van der Waals surface area contributed by atoms with E-state index in [9.17, 15) is 33.9 Å². The summed E-state index contributed by atoms with van der Waals surface area (Å²) in [5, 5.41) is 11.6. The van der Waals surface area contributed by atoms with Crippen LogP contribution < -0.4 is 0 Å². The quantitative estimate of drug-likeness (QED) is 0.159. The Balaban J connectivity index is 2.08. The van der Waals surface area contributed by atoms with Crippen LogP contribution in [0.4, 0.5) is 0 Å². The number of carbonyl (C=O) groups excluding carboxylic acids is 6. The summed E-state index contributed by atoms with van der Waals surface area (Å²) in [7, 11) is 4.83. The van der Waals surface area contributed by atoms with Gasteiger partial charge in [0.05, 0.1) is 30.8 Å². The molecule has 2 saturated heterocycles. The zero-order valence-electron chi connectivity index (χ0n) is 37.8. The SMILES string of the molecule is COC1[C@@H](O[C@@H]2O[C@H](C)[C@@H](O[C@H]3C[C@@](C)(O)[C@@H](OC(=O)CC(C)C)[C@H](C)O3)[C@H](N(C)C)[C@H]2OC(C)=O)C(CC=O)C[C@@H](C)C(=O)/C=C/C=C/C[C@@H](C)OC(=O)C[C@H]1OC(C)=O. The van der Waals surface area contributed by atoms with Crippen LogP contribution in [0.1, 0.15) is 101 Å². The third-order valence-corrected chi connectivity index (χ3v) is 11.0. The summed E-state index contributed by atoms with van der Waals surface area (Å²) in [6, 6.07) is -0.792. The first-order valence-corrected chi connectivity index (χ1v) is 21.2. The van der Waals surface area contributed by atoms with Gasteiger partial charge in [0, 0.05) is 52.6 Å². The molecule has 3 aliphatic rings. The Hall–Kier alpha value is -3.58. The molecule has 17 heteroatoms. The number of carbonyl (C=O) groups is 6. The highest BCUT2D eigenvalue weighted by Gasteiger charge is 2.54. The predicted molar refractivity (Wildman–Crippen MR) is 218 cm³/mol. The molecule has 0 spiro atoms. The number of cyclic esters (lactones) is 1. The van der Waals surface area contributed by atoms with Crippen molar-refractivity contribution < 1.29 is 76.5 Å². The largest absolute Gasteiger partial charge is 0.462 e. The molecular formula is C44H69NO16. The topological polar surface area (TPSA) is 209 Å². The van der Waals surface area contributed by atoms with Crippen LogP contribution in [-0.2, 0) is 71.4 Å². The van der Waals surface area contributed by atoms with Gasteiger partial charge in [-0.1, -0.05) is 39.0 Å². The molecule has 0 radical (unpaired) electrons. The number of methoxy groups -OCH3 is 1. The fraction of sp³-hybridized carbons (Fsp3) is 0.773. The zero-order valence-corrected chi connectivity index (χ0v) is 37.8. The predicted octanol–water partition coefficient (Wildman–Crippen LogP) is 3.79. The Morgan fingerprint density at radius 1 is 0.934 bits per heavy atom. The lowest BCUT2D eigenvalue weighted by Crippen LogP contribution is -2.66. The second-order valence-corrected chi connectivity index (χ2v) is 17.4. The second kappa shape index (κ2) is 23.7. The van der Waals surface area contributed by atoms with Crippen LogP contribution in [-0.4, -0.2) is 146 Å². The van der Waals surface area contributed by atoms with Crippen molar-refractivity contribution in [3.05, 3.63) is 24.3 Å². The Morgan fingerprint density at radius 3 is 2.18 bits per heavy atom. The number of aliphatic hydroxyl groups is 1. The average molecular weight is 868 g/mol. The Labute approximate surface area is 360 Å². The van der Waals surface area contributed by atoms with Crippen molar-refractivity contribution in [2.24, 2.45) is 17.8 Å². The van der Waals surface area contributed by atoms with Crippen molar-refractivity contribution >= 4 is 35.9 Å². The smallest absolute Gasteiger partial charge is 0.309 e. The van der Waals surface area contributed by atoms with Crippen LogP contribution >= 0.6 is 0 Å². The summed E-state index contributed by atoms with van der Waals surface area (Å²) in [6.45, 7) is 14.5. The molecule has 2 fully saturated rings. The molecule has 3 heterocycles. The van der Waals surface area contributed by atoms with Gasteiger partial charge in [0.1, 0.15) is 36.3 Å². The molecule has 1 N–H and O–H groups in total. The maximum atomic E-state index is 13.3. The number of rotatable bonds is 13. The molecule has 3 rings (SSSR count). The Kier molecular flexibility index (Phi) is 20.2. The molecule has 3 aliphatic heterocycles. The average Bonchev–Trinajstić information content (AvgIpc) is 3.12. The van der Waals surface area contributed by atoms with E-state index < -0.39 is 121 Å². The zero-order chi connectivity index (χ0) is 45.8. The molecule has 346 valence electrons. The minimum Gasteiger partial charge on any atom is -0.462 e. The van der Waals surface area contributed by atoms with E-state index in [1.54, 1.807) is 71.8 Å². The van der Waals surface area contributed by atoms with Gasteiger partial charge >= 0.3 is 23.9 Å². The van der Waals surface area contributed by atoms with Gasteiger partial charge in [0.15, 0.2) is 30.6 Å². The normalized spacial score (nSPS) is 38.0. The van der Waals surface area contributed by atoms with E-state index in [4.69, 9.17) is 42.6 Å². The van der Waals surface area contributed by atoms with Gasteiger partial charge in [-0.05, 0) is 66.1 Å². The molecule has 0 bridgehead atoms. The number of likely N-dealkylation sites (N-methyl/N-ethyl adjacent to an activating group) is 1. The molecule has 15 atom stereocenters.